The van der Waals surface area contributed by atoms with Crippen LogP contribution in [0.5, 0.6) is 0 Å². The number of amides is 1. The summed E-state index contributed by atoms with van der Waals surface area (Å²) in [6.45, 7) is 5.23. The molecule has 1 aliphatic heterocycles. The number of piperidine rings is 1. The van der Waals surface area contributed by atoms with Crippen LogP contribution in [0.25, 0.3) is 0 Å². The van der Waals surface area contributed by atoms with Crippen LogP contribution < -0.4 is 0 Å². The molecule has 2 nitrogen and oxygen atoms in total. The van der Waals surface area contributed by atoms with E-state index in [0.717, 1.165) is 19.3 Å². The van der Waals surface area contributed by atoms with Crippen molar-refractivity contribution in [3.8, 4) is 0 Å². The van der Waals surface area contributed by atoms with Gasteiger partial charge in [0.05, 0.1) is 0 Å². The Labute approximate surface area is 89.6 Å². The van der Waals surface area contributed by atoms with E-state index >= 15 is 0 Å². The highest BCUT2D eigenvalue weighted by atomic mass is 19.3. The zero-order chi connectivity index (χ0) is 11.4. The van der Waals surface area contributed by atoms with E-state index in [1.54, 1.807) is 0 Å². The lowest BCUT2D eigenvalue weighted by atomic mass is 9.85. The van der Waals surface area contributed by atoms with Crippen LogP contribution in [0.3, 0.4) is 0 Å². The first kappa shape index (κ1) is 12.4. The molecule has 1 fully saturated rings. The van der Waals surface area contributed by atoms with Gasteiger partial charge >= 0.3 is 6.43 Å². The molecule has 1 aliphatic rings. The summed E-state index contributed by atoms with van der Waals surface area (Å²) in [5.41, 5.74) is 0. The second kappa shape index (κ2) is 5.42. The average Bonchev–Trinajstić information content (AvgIpc) is 2.27. The Balaban J connectivity index is 2.52. The number of carbonyl (C=O) groups is 1. The quantitative estimate of drug-likeness (QED) is 0.714. The summed E-state index contributed by atoms with van der Waals surface area (Å²) in [7, 11) is 0. The fourth-order valence-corrected chi connectivity index (χ4v) is 2.15. The topological polar surface area (TPSA) is 20.3 Å². The summed E-state index contributed by atoms with van der Waals surface area (Å²) in [4.78, 5) is 12.5. The van der Waals surface area contributed by atoms with Gasteiger partial charge in [0, 0.05) is 13.1 Å². The zero-order valence-electron chi connectivity index (χ0n) is 9.38. The number of nitrogens with zero attached hydrogens (tertiary/aromatic N) is 1. The van der Waals surface area contributed by atoms with Crippen LogP contribution in [0.15, 0.2) is 0 Å². The van der Waals surface area contributed by atoms with E-state index in [9.17, 15) is 13.6 Å². The van der Waals surface area contributed by atoms with E-state index in [-0.39, 0.29) is 0 Å². The SMILES string of the molecule is CCC(C)[C@@H]1CCCN(C(=O)C(F)F)C1. The zero-order valence-corrected chi connectivity index (χ0v) is 9.38. The largest absolute Gasteiger partial charge is 0.337 e. The van der Waals surface area contributed by atoms with Crippen LogP contribution >= 0.6 is 0 Å². The van der Waals surface area contributed by atoms with E-state index in [2.05, 4.69) is 13.8 Å². The molecule has 1 saturated heterocycles. The van der Waals surface area contributed by atoms with Crippen molar-refractivity contribution < 1.29 is 13.6 Å². The van der Waals surface area contributed by atoms with Crippen molar-refractivity contribution in [3.63, 3.8) is 0 Å². The maximum Gasteiger partial charge on any atom is 0.315 e. The minimum atomic E-state index is -2.85. The summed E-state index contributed by atoms with van der Waals surface area (Å²) in [5, 5.41) is 0. The van der Waals surface area contributed by atoms with Gasteiger partial charge in [0.15, 0.2) is 0 Å². The lowest BCUT2D eigenvalue weighted by molar-refractivity contribution is -0.145. The number of hydrogen-bond acceptors (Lipinski definition) is 1. The Bertz CT molecular complexity index is 221. The Kier molecular flexibility index (Phi) is 4.48. The predicted molar refractivity (Wildman–Crippen MR) is 54.8 cm³/mol. The number of alkyl halides is 2. The molecule has 4 heteroatoms. The second-order valence-electron chi connectivity index (χ2n) is 4.37. The summed E-state index contributed by atoms with van der Waals surface area (Å²) in [6.07, 6.45) is 0.109. The normalized spacial score (nSPS) is 24.3. The smallest absolute Gasteiger partial charge is 0.315 e. The van der Waals surface area contributed by atoms with E-state index in [4.69, 9.17) is 0 Å². The van der Waals surface area contributed by atoms with Crippen LogP contribution in [0, 0.1) is 11.8 Å². The van der Waals surface area contributed by atoms with Crippen LogP contribution in [-0.2, 0) is 4.79 Å². The van der Waals surface area contributed by atoms with Crippen LogP contribution in [0.1, 0.15) is 33.1 Å². The number of halogens is 2. The van der Waals surface area contributed by atoms with Crippen molar-refractivity contribution in [1.29, 1.82) is 0 Å². The first-order chi connectivity index (χ1) is 7.06. The summed E-state index contributed by atoms with van der Waals surface area (Å²) in [5.74, 6) is -0.0901. The fraction of sp³-hybridized carbons (Fsp3) is 0.909. The van der Waals surface area contributed by atoms with Gasteiger partial charge in [-0.3, -0.25) is 4.79 Å². The van der Waals surface area contributed by atoms with Gasteiger partial charge in [-0.1, -0.05) is 20.3 Å². The van der Waals surface area contributed by atoms with Gasteiger partial charge in [-0.15, -0.1) is 0 Å². The van der Waals surface area contributed by atoms with Gasteiger partial charge < -0.3 is 4.90 Å². The first-order valence-electron chi connectivity index (χ1n) is 5.63. The van der Waals surface area contributed by atoms with Gasteiger partial charge in [-0.05, 0) is 24.7 Å². The molecule has 0 aliphatic carbocycles. The molecule has 0 N–H and O–H groups in total. The number of likely N-dealkylation sites (tertiary alicyclic amines) is 1. The monoisotopic (exact) mass is 219 g/mol. The molecule has 0 radical (unpaired) electrons. The van der Waals surface area contributed by atoms with E-state index < -0.39 is 12.3 Å². The molecule has 15 heavy (non-hydrogen) atoms. The minimum absolute atomic E-state index is 0.395. The molecule has 0 aromatic heterocycles. The number of carbonyl (C=O) groups excluding carboxylic acids is 1. The Morgan fingerprint density at radius 1 is 1.53 bits per heavy atom. The van der Waals surface area contributed by atoms with Crippen LogP contribution in [0.4, 0.5) is 8.78 Å². The molecule has 1 unspecified atom stereocenters. The van der Waals surface area contributed by atoms with Crippen molar-refractivity contribution >= 4 is 5.91 Å². The van der Waals surface area contributed by atoms with Gasteiger partial charge in [0.2, 0.25) is 0 Å². The van der Waals surface area contributed by atoms with Crippen LogP contribution in [0.2, 0.25) is 0 Å². The maximum atomic E-state index is 12.2. The Morgan fingerprint density at radius 3 is 2.73 bits per heavy atom. The van der Waals surface area contributed by atoms with Gasteiger partial charge in [-0.2, -0.15) is 8.78 Å². The molecule has 0 aromatic carbocycles. The van der Waals surface area contributed by atoms with E-state index in [1.807, 2.05) is 0 Å². The highest BCUT2D eigenvalue weighted by Crippen LogP contribution is 2.26. The molecule has 1 amide bonds. The lowest BCUT2D eigenvalue weighted by Crippen LogP contribution is -2.44. The predicted octanol–water partition coefficient (Wildman–Crippen LogP) is 2.54. The highest BCUT2D eigenvalue weighted by molar-refractivity contribution is 5.79. The lowest BCUT2D eigenvalue weighted by Gasteiger charge is -2.35. The van der Waals surface area contributed by atoms with E-state index in [1.165, 1.54) is 4.90 Å². The highest BCUT2D eigenvalue weighted by Gasteiger charge is 2.30. The molecule has 1 rings (SSSR count). The maximum absolute atomic E-state index is 12.2. The molecule has 0 spiro atoms. The third kappa shape index (κ3) is 3.14. The standard InChI is InChI=1S/C11H19F2NO/c1-3-8(2)9-5-4-6-14(7-9)11(15)10(12)13/h8-10H,3-7H2,1-2H3/t8?,9-/m1/s1. The van der Waals surface area contributed by atoms with Gasteiger partial charge in [0.25, 0.3) is 5.91 Å². The van der Waals surface area contributed by atoms with Crippen molar-refractivity contribution in [2.24, 2.45) is 11.8 Å². The first-order valence-corrected chi connectivity index (χ1v) is 5.63. The molecule has 0 aromatic rings. The molecule has 0 bridgehead atoms. The van der Waals surface area contributed by atoms with Crippen LogP contribution in [-0.4, -0.2) is 30.3 Å². The third-order valence-electron chi connectivity index (χ3n) is 3.40. The summed E-state index contributed by atoms with van der Waals surface area (Å²) in [6, 6.07) is 0. The molecule has 88 valence electrons. The van der Waals surface area contributed by atoms with Gasteiger partial charge in [-0.25, -0.2) is 0 Å². The minimum Gasteiger partial charge on any atom is -0.337 e. The fourth-order valence-electron chi connectivity index (χ4n) is 2.15. The third-order valence-corrected chi connectivity index (χ3v) is 3.40. The molecular weight excluding hydrogens is 200 g/mol. The Hall–Kier alpha value is -0.670. The molecule has 2 atom stereocenters. The number of hydrogen-bond donors (Lipinski definition) is 0. The average molecular weight is 219 g/mol. The number of rotatable bonds is 3. The van der Waals surface area contributed by atoms with Crippen molar-refractivity contribution in [2.75, 3.05) is 13.1 Å². The van der Waals surface area contributed by atoms with E-state index in [0.29, 0.717) is 24.9 Å². The van der Waals surface area contributed by atoms with Crippen molar-refractivity contribution in [3.05, 3.63) is 0 Å². The summed E-state index contributed by atoms with van der Waals surface area (Å²) >= 11 is 0. The molecule has 1 heterocycles. The molecule has 0 saturated carbocycles. The Morgan fingerprint density at radius 2 is 2.20 bits per heavy atom. The van der Waals surface area contributed by atoms with Crippen molar-refractivity contribution in [1.82, 2.24) is 4.90 Å². The molecular formula is C11H19F2NO. The van der Waals surface area contributed by atoms with Crippen molar-refractivity contribution in [2.45, 2.75) is 39.5 Å². The second-order valence-corrected chi connectivity index (χ2v) is 4.37. The van der Waals surface area contributed by atoms with Gasteiger partial charge in [0.1, 0.15) is 0 Å². The summed E-state index contributed by atoms with van der Waals surface area (Å²) < 4.78 is 24.5.